The number of rotatable bonds is 10. The molecule has 0 aromatic carbocycles. The SMILES string of the molecule is NC(N)=NCC(O)COC1CCCCC1.NC(N)=NCC(O)COC1CCCCC1.O=S(=O)(O)O. The van der Waals surface area contributed by atoms with Crippen molar-refractivity contribution in [1.29, 1.82) is 0 Å². The summed E-state index contributed by atoms with van der Waals surface area (Å²) in [5.41, 5.74) is 20.6. The summed E-state index contributed by atoms with van der Waals surface area (Å²) >= 11 is 0. The van der Waals surface area contributed by atoms with E-state index in [1.54, 1.807) is 0 Å². The molecule has 208 valence electrons. The number of ether oxygens (including phenoxy) is 2. The summed E-state index contributed by atoms with van der Waals surface area (Å²) in [4.78, 5) is 7.46. The van der Waals surface area contributed by atoms with Gasteiger partial charge in [-0.15, -0.1) is 0 Å². The smallest absolute Gasteiger partial charge is 0.389 e. The Bertz CT molecular complexity index is 638. The number of aliphatic hydroxyl groups is 2. The molecular weight excluding hydrogens is 484 g/mol. The topological polar surface area (TPSA) is 262 Å². The molecule has 0 radical (unpaired) electrons. The number of hydrogen-bond acceptors (Lipinski definition) is 8. The maximum atomic E-state index is 9.49. The maximum absolute atomic E-state index is 9.49. The van der Waals surface area contributed by atoms with Crippen molar-refractivity contribution >= 4 is 22.3 Å². The van der Waals surface area contributed by atoms with E-state index in [9.17, 15) is 10.2 Å². The second-order valence-corrected chi connectivity index (χ2v) is 9.37. The Labute approximate surface area is 207 Å². The molecule has 0 amide bonds. The Morgan fingerprint density at radius 1 is 0.714 bits per heavy atom. The van der Waals surface area contributed by atoms with E-state index < -0.39 is 22.6 Å². The van der Waals surface area contributed by atoms with Gasteiger partial charge in [-0.3, -0.25) is 19.1 Å². The van der Waals surface area contributed by atoms with Gasteiger partial charge in [-0.2, -0.15) is 8.42 Å². The normalized spacial score (nSPS) is 18.6. The third-order valence-electron chi connectivity index (χ3n) is 5.12. The molecule has 2 saturated carbocycles. The van der Waals surface area contributed by atoms with E-state index in [0.29, 0.717) is 25.4 Å². The molecule has 0 aromatic heterocycles. The molecule has 0 heterocycles. The van der Waals surface area contributed by atoms with Crippen LogP contribution in [0, 0.1) is 0 Å². The predicted molar refractivity (Wildman–Crippen MR) is 133 cm³/mol. The van der Waals surface area contributed by atoms with Gasteiger partial charge in [0.25, 0.3) is 0 Å². The molecule has 0 aromatic rings. The largest absolute Gasteiger partial charge is 0.394 e. The van der Waals surface area contributed by atoms with Crippen molar-refractivity contribution in [1.82, 2.24) is 0 Å². The van der Waals surface area contributed by atoms with Crippen LogP contribution in [0.15, 0.2) is 9.98 Å². The Morgan fingerprint density at radius 3 is 1.26 bits per heavy atom. The summed E-state index contributed by atoms with van der Waals surface area (Å²) in [6, 6.07) is 0. The van der Waals surface area contributed by atoms with E-state index in [-0.39, 0.29) is 25.0 Å². The Balaban J connectivity index is 0.000000555. The lowest BCUT2D eigenvalue weighted by atomic mass is 9.98. The van der Waals surface area contributed by atoms with Gasteiger partial charge in [0.2, 0.25) is 0 Å². The first-order valence-corrected chi connectivity index (χ1v) is 13.2. The number of aliphatic hydroxyl groups excluding tert-OH is 2. The van der Waals surface area contributed by atoms with Crippen LogP contribution in [0.4, 0.5) is 0 Å². The van der Waals surface area contributed by atoms with E-state index in [1.165, 1.54) is 38.5 Å². The second kappa shape index (κ2) is 19.4. The molecular formula is C20H44N6O8S. The molecule has 0 bridgehead atoms. The van der Waals surface area contributed by atoms with Crippen LogP contribution >= 0.6 is 0 Å². The minimum absolute atomic E-state index is 0.00622. The van der Waals surface area contributed by atoms with Gasteiger partial charge < -0.3 is 42.6 Å². The minimum atomic E-state index is -4.67. The lowest BCUT2D eigenvalue weighted by Gasteiger charge is -2.23. The van der Waals surface area contributed by atoms with Crippen LogP contribution in [-0.4, -0.2) is 90.4 Å². The minimum Gasteiger partial charge on any atom is -0.389 e. The van der Waals surface area contributed by atoms with Crippen LogP contribution in [0.1, 0.15) is 64.2 Å². The highest BCUT2D eigenvalue weighted by Crippen LogP contribution is 2.21. The molecule has 2 aliphatic rings. The molecule has 2 atom stereocenters. The predicted octanol–water partition coefficient (Wildman–Crippen LogP) is -0.713. The molecule has 0 spiro atoms. The van der Waals surface area contributed by atoms with Crippen molar-refractivity contribution in [3.8, 4) is 0 Å². The van der Waals surface area contributed by atoms with Crippen LogP contribution in [-0.2, 0) is 19.9 Å². The summed E-state index contributed by atoms with van der Waals surface area (Å²) in [6.45, 7) is 1.08. The number of guanidine groups is 2. The van der Waals surface area contributed by atoms with Crippen molar-refractivity contribution in [2.75, 3.05) is 26.3 Å². The van der Waals surface area contributed by atoms with E-state index in [1.807, 2.05) is 0 Å². The quantitative estimate of drug-likeness (QED) is 0.0992. The fraction of sp³-hybridized carbons (Fsp3) is 0.900. The van der Waals surface area contributed by atoms with Crippen molar-refractivity contribution in [3.63, 3.8) is 0 Å². The molecule has 0 saturated heterocycles. The van der Waals surface area contributed by atoms with Gasteiger partial charge in [0, 0.05) is 0 Å². The number of hydrogen-bond donors (Lipinski definition) is 8. The summed E-state index contributed by atoms with van der Waals surface area (Å²) in [6.07, 6.45) is 11.4. The van der Waals surface area contributed by atoms with Gasteiger partial charge in [0.1, 0.15) is 0 Å². The van der Waals surface area contributed by atoms with Gasteiger partial charge in [0.05, 0.1) is 50.7 Å². The van der Waals surface area contributed by atoms with Crippen molar-refractivity contribution in [2.24, 2.45) is 32.9 Å². The zero-order valence-corrected chi connectivity index (χ0v) is 21.1. The van der Waals surface area contributed by atoms with Crippen LogP contribution < -0.4 is 22.9 Å². The van der Waals surface area contributed by atoms with Gasteiger partial charge in [-0.1, -0.05) is 38.5 Å². The molecule has 2 fully saturated rings. The Hall–Kier alpha value is -1.75. The van der Waals surface area contributed by atoms with Gasteiger partial charge in [-0.05, 0) is 25.7 Å². The van der Waals surface area contributed by atoms with Crippen molar-refractivity contribution in [2.45, 2.75) is 88.6 Å². The Morgan fingerprint density at radius 2 is 1.00 bits per heavy atom. The molecule has 15 heteroatoms. The van der Waals surface area contributed by atoms with E-state index in [4.69, 9.17) is 49.9 Å². The lowest BCUT2D eigenvalue weighted by Crippen LogP contribution is -2.28. The highest BCUT2D eigenvalue weighted by molar-refractivity contribution is 7.79. The summed E-state index contributed by atoms with van der Waals surface area (Å²) in [5, 5.41) is 19.0. The van der Waals surface area contributed by atoms with Gasteiger partial charge in [-0.25, -0.2) is 0 Å². The Kier molecular flexibility index (Phi) is 18.5. The zero-order valence-electron chi connectivity index (χ0n) is 20.2. The maximum Gasteiger partial charge on any atom is 0.394 e. The van der Waals surface area contributed by atoms with E-state index in [0.717, 1.165) is 25.7 Å². The highest BCUT2D eigenvalue weighted by Gasteiger charge is 2.16. The third-order valence-corrected chi connectivity index (χ3v) is 5.12. The number of nitrogens with zero attached hydrogens (tertiary/aromatic N) is 2. The van der Waals surface area contributed by atoms with E-state index in [2.05, 4.69) is 9.98 Å². The molecule has 14 nitrogen and oxygen atoms in total. The average Bonchev–Trinajstić information content (AvgIpc) is 2.79. The highest BCUT2D eigenvalue weighted by atomic mass is 32.3. The first-order chi connectivity index (χ1) is 16.4. The standard InChI is InChI=1S/2C10H21N3O2.H2O4S/c2*11-10(12)13-6-8(14)7-15-9-4-2-1-3-5-9;1-5(2,3)4/h2*8-9,14H,1-7H2,(H4,11,12,13);(H2,1,2,3,4). The zero-order chi connectivity index (χ0) is 26.7. The molecule has 2 unspecified atom stereocenters. The lowest BCUT2D eigenvalue weighted by molar-refractivity contribution is -0.0205. The third kappa shape index (κ3) is 25.2. The van der Waals surface area contributed by atoms with Crippen LogP contribution in [0.25, 0.3) is 0 Å². The van der Waals surface area contributed by atoms with Crippen LogP contribution in [0.5, 0.6) is 0 Å². The molecule has 0 aliphatic heterocycles. The summed E-state index contributed by atoms with van der Waals surface area (Å²) in [7, 11) is -4.67. The first kappa shape index (κ1) is 33.2. The molecule has 2 aliphatic carbocycles. The van der Waals surface area contributed by atoms with Crippen molar-refractivity contribution < 1.29 is 37.2 Å². The summed E-state index contributed by atoms with van der Waals surface area (Å²) < 4.78 is 42.7. The van der Waals surface area contributed by atoms with Gasteiger partial charge in [0.15, 0.2) is 11.9 Å². The fourth-order valence-corrected chi connectivity index (χ4v) is 3.48. The molecule has 35 heavy (non-hydrogen) atoms. The van der Waals surface area contributed by atoms with Crippen LogP contribution in [0.3, 0.4) is 0 Å². The number of nitrogens with two attached hydrogens (primary N) is 4. The monoisotopic (exact) mass is 528 g/mol. The average molecular weight is 529 g/mol. The molecule has 2 rings (SSSR count). The van der Waals surface area contributed by atoms with E-state index >= 15 is 0 Å². The second-order valence-electron chi connectivity index (χ2n) is 8.47. The first-order valence-electron chi connectivity index (χ1n) is 11.8. The van der Waals surface area contributed by atoms with Gasteiger partial charge >= 0.3 is 10.4 Å². The number of aliphatic imine (C=N–C) groups is 2. The van der Waals surface area contributed by atoms with Crippen molar-refractivity contribution in [3.05, 3.63) is 0 Å². The van der Waals surface area contributed by atoms with Crippen LogP contribution in [0.2, 0.25) is 0 Å². The fourth-order valence-electron chi connectivity index (χ4n) is 3.48. The molecule has 12 N–H and O–H groups in total. The summed E-state index contributed by atoms with van der Waals surface area (Å²) in [5.74, 6) is 0.0124.